The summed E-state index contributed by atoms with van der Waals surface area (Å²) in [5.41, 5.74) is 1.32. The van der Waals surface area contributed by atoms with E-state index in [9.17, 15) is 4.79 Å². The van der Waals surface area contributed by atoms with Crippen molar-refractivity contribution in [1.29, 1.82) is 0 Å². The van der Waals surface area contributed by atoms with Crippen molar-refractivity contribution in [3.63, 3.8) is 0 Å². The van der Waals surface area contributed by atoms with Crippen LogP contribution < -0.4 is 0 Å². The Kier molecular flexibility index (Phi) is 2.91. The van der Waals surface area contributed by atoms with Gasteiger partial charge < -0.3 is 4.74 Å². The molecular formula is C13H15NO2S. The van der Waals surface area contributed by atoms with Crippen molar-refractivity contribution >= 4 is 27.5 Å². The molecular weight excluding hydrogens is 234 g/mol. The van der Waals surface area contributed by atoms with Crippen molar-refractivity contribution in [2.75, 3.05) is 7.11 Å². The molecule has 2 aromatic rings. The van der Waals surface area contributed by atoms with Crippen molar-refractivity contribution in [3.8, 4) is 0 Å². The number of carbonyl (C=O) groups is 1. The number of thiazole rings is 1. The van der Waals surface area contributed by atoms with Gasteiger partial charge in [0, 0.05) is 0 Å². The van der Waals surface area contributed by atoms with Crippen LogP contribution in [0, 0.1) is 6.92 Å². The van der Waals surface area contributed by atoms with Crippen LogP contribution in [-0.4, -0.2) is 18.1 Å². The van der Waals surface area contributed by atoms with Crippen LogP contribution in [0.2, 0.25) is 0 Å². The maximum absolute atomic E-state index is 11.7. The molecule has 1 aromatic heterocycles. The Hall–Kier alpha value is -1.42. The number of hydrogen-bond acceptors (Lipinski definition) is 4. The summed E-state index contributed by atoms with van der Waals surface area (Å²) in [6.07, 6.45) is 0. The van der Waals surface area contributed by atoms with E-state index in [4.69, 9.17) is 4.74 Å². The quantitative estimate of drug-likeness (QED) is 0.768. The Morgan fingerprint density at radius 2 is 2.12 bits per heavy atom. The molecule has 0 aliphatic rings. The molecule has 2 rings (SSSR count). The molecule has 0 radical (unpaired) electrons. The van der Waals surface area contributed by atoms with E-state index in [1.165, 1.54) is 7.11 Å². The lowest BCUT2D eigenvalue weighted by Crippen LogP contribution is -2.30. The SMILES string of the molecule is COC(=O)C(C)(C)c1ccc2nc(C)sc2c1. The van der Waals surface area contributed by atoms with Crippen LogP contribution in [0.5, 0.6) is 0 Å². The van der Waals surface area contributed by atoms with Crippen LogP contribution in [-0.2, 0) is 14.9 Å². The summed E-state index contributed by atoms with van der Waals surface area (Å²) in [7, 11) is 1.42. The number of hydrogen-bond donors (Lipinski definition) is 0. The van der Waals surface area contributed by atoms with Gasteiger partial charge in [-0.15, -0.1) is 11.3 Å². The van der Waals surface area contributed by atoms with E-state index >= 15 is 0 Å². The van der Waals surface area contributed by atoms with E-state index in [1.807, 2.05) is 39.0 Å². The minimum absolute atomic E-state index is 0.224. The van der Waals surface area contributed by atoms with E-state index in [-0.39, 0.29) is 5.97 Å². The number of ether oxygens (including phenoxy) is 1. The topological polar surface area (TPSA) is 39.2 Å². The van der Waals surface area contributed by atoms with E-state index in [0.717, 1.165) is 20.8 Å². The van der Waals surface area contributed by atoms with E-state index in [1.54, 1.807) is 11.3 Å². The molecule has 0 atom stereocenters. The highest BCUT2D eigenvalue weighted by Gasteiger charge is 2.31. The van der Waals surface area contributed by atoms with Gasteiger partial charge in [-0.25, -0.2) is 4.98 Å². The lowest BCUT2D eigenvalue weighted by atomic mass is 9.85. The smallest absolute Gasteiger partial charge is 0.315 e. The third-order valence-corrected chi connectivity index (χ3v) is 3.85. The fraction of sp³-hybridized carbons (Fsp3) is 0.385. The van der Waals surface area contributed by atoms with Crippen molar-refractivity contribution < 1.29 is 9.53 Å². The summed E-state index contributed by atoms with van der Waals surface area (Å²) in [5, 5.41) is 1.04. The van der Waals surface area contributed by atoms with Gasteiger partial charge in [-0.3, -0.25) is 4.79 Å². The van der Waals surface area contributed by atoms with Crippen molar-refractivity contribution in [2.45, 2.75) is 26.2 Å². The van der Waals surface area contributed by atoms with Gasteiger partial charge in [0.2, 0.25) is 0 Å². The average molecular weight is 249 g/mol. The summed E-state index contributed by atoms with van der Waals surface area (Å²) in [4.78, 5) is 16.1. The summed E-state index contributed by atoms with van der Waals surface area (Å²) in [6, 6.07) is 5.92. The highest BCUT2D eigenvalue weighted by Crippen LogP contribution is 2.30. The third kappa shape index (κ3) is 2.05. The van der Waals surface area contributed by atoms with E-state index in [0.29, 0.717) is 0 Å². The first-order valence-corrected chi connectivity index (χ1v) is 6.23. The maximum Gasteiger partial charge on any atom is 0.315 e. The van der Waals surface area contributed by atoms with Crippen LogP contribution in [0.25, 0.3) is 10.2 Å². The molecule has 0 fully saturated rings. The monoisotopic (exact) mass is 249 g/mol. The molecule has 0 saturated carbocycles. The lowest BCUT2D eigenvalue weighted by Gasteiger charge is -2.21. The molecule has 0 N–H and O–H groups in total. The Morgan fingerprint density at radius 1 is 1.41 bits per heavy atom. The minimum atomic E-state index is -0.624. The molecule has 0 saturated heterocycles. The molecule has 0 bridgehead atoms. The standard InChI is InChI=1S/C13H15NO2S/c1-8-14-10-6-5-9(7-11(10)17-8)13(2,3)12(15)16-4/h5-7H,1-4H3. The second-order valence-electron chi connectivity index (χ2n) is 4.53. The Bertz CT molecular complexity index is 572. The van der Waals surface area contributed by atoms with Crippen molar-refractivity contribution in [2.24, 2.45) is 0 Å². The predicted octanol–water partition coefficient (Wildman–Crippen LogP) is 3.06. The van der Waals surface area contributed by atoms with Crippen LogP contribution in [0.15, 0.2) is 18.2 Å². The molecule has 90 valence electrons. The molecule has 0 unspecified atom stereocenters. The molecule has 0 aliphatic carbocycles. The third-order valence-electron chi connectivity index (χ3n) is 2.91. The first-order chi connectivity index (χ1) is 7.95. The molecule has 0 spiro atoms. The molecule has 4 heteroatoms. The normalized spacial score (nSPS) is 11.8. The first-order valence-electron chi connectivity index (χ1n) is 5.41. The molecule has 1 aromatic carbocycles. The van der Waals surface area contributed by atoms with Crippen molar-refractivity contribution in [1.82, 2.24) is 4.98 Å². The van der Waals surface area contributed by atoms with E-state index < -0.39 is 5.41 Å². The van der Waals surface area contributed by atoms with Gasteiger partial charge in [-0.2, -0.15) is 0 Å². The summed E-state index contributed by atoms with van der Waals surface area (Å²) < 4.78 is 5.94. The van der Waals surface area contributed by atoms with Gasteiger partial charge in [-0.1, -0.05) is 6.07 Å². The van der Waals surface area contributed by atoms with Gasteiger partial charge >= 0.3 is 5.97 Å². The largest absolute Gasteiger partial charge is 0.468 e. The molecule has 0 amide bonds. The fourth-order valence-corrected chi connectivity index (χ4v) is 2.67. The number of fused-ring (bicyclic) bond motifs is 1. The van der Waals surface area contributed by atoms with Gasteiger partial charge in [0.15, 0.2) is 0 Å². The fourth-order valence-electron chi connectivity index (χ4n) is 1.80. The van der Waals surface area contributed by atoms with Gasteiger partial charge in [0.1, 0.15) is 0 Å². The number of benzene rings is 1. The second-order valence-corrected chi connectivity index (χ2v) is 5.77. The molecule has 1 heterocycles. The average Bonchev–Trinajstić information content (AvgIpc) is 2.66. The number of aromatic nitrogens is 1. The molecule has 3 nitrogen and oxygen atoms in total. The number of rotatable bonds is 2. The zero-order valence-electron chi connectivity index (χ0n) is 10.4. The van der Waals surface area contributed by atoms with Gasteiger partial charge in [0.25, 0.3) is 0 Å². The Labute approximate surface area is 104 Å². The number of aryl methyl sites for hydroxylation is 1. The highest BCUT2D eigenvalue weighted by molar-refractivity contribution is 7.18. The molecule has 17 heavy (non-hydrogen) atoms. The zero-order chi connectivity index (χ0) is 12.6. The number of carbonyl (C=O) groups excluding carboxylic acids is 1. The van der Waals surface area contributed by atoms with E-state index in [2.05, 4.69) is 4.98 Å². The van der Waals surface area contributed by atoms with Crippen LogP contribution >= 0.6 is 11.3 Å². The van der Waals surface area contributed by atoms with Crippen LogP contribution in [0.3, 0.4) is 0 Å². The zero-order valence-corrected chi connectivity index (χ0v) is 11.2. The first kappa shape index (κ1) is 12.0. The predicted molar refractivity (Wildman–Crippen MR) is 69.4 cm³/mol. The maximum atomic E-state index is 11.7. The number of methoxy groups -OCH3 is 1. The number of nitrogens with zero attached hydrogens (tertiary/aromatic N) is 1. The van der Waals surface area contributed by atoms with Crippen molar-refractivity contribution in [3.05, 3.63) is 28.8 Å². The van der Waals surface area contributed by atoms with Crippen LogP contribution in [0.1, 0.15) is 24.4 Å². The molecule has 0 aliphatic heterocycles. The summed E-state index contributed by atoms with van der Waals surface area (Å²) >= 11 is 1.64. The summed E-state index contributed by atoms with van der Waals surface area (Å²) in [6.45, 7) is 5.72. The minimum Gasteiger partial charge on any atom is -0.468 e. The van der Waals surface area contributed by atoms with Gasteiger partial charge in [0.05, 0.1) is 27.7 Å². The second kappa shape index (κ2) is 4.11. The highest BCUT2D eigenvalue weighted by atomic mass is 32.1. The Morgan fingerprint density at radius 3 is 2.76 bits per heavy atom. The lowest BCUT2D eigenvalue weighted by molar-refractivity contribution is -0.146. The number of esters is 1. The van der Waals surface area contributed by atoms with Gasteiger partial charge in [-0.05, 0) is 38.5 Å². The van der Waals surface area contributed by atoms with Crippen LogP contribution in [0.4, 0.5) is 0 Å². The summed E-state index contributed by atoms with van der Waals surface area (Å²) in [5.74, 6) is -0.224. The Balaban J connectivity index is 2.52.